The molecule has 2 unspecified atom stereocenters. The highest BCUT2D eigenvalue weighted by atomic mass is 127. The molecule has 32 heavy (non-hydrogen) atoms. The lowest BCUT2D eigenvalue weighted by atomic mass is 10.1. The van der Waals surface area contributed by atoms with Gasteiger partial charge in [0.05, 0.1) is 24.9 Å². The molecule has 1 N–H and O–H groups in total. The Hall–Kier alpha value is -1.72. The Labute approximate surface area is 207 Å². The van der Waals surface area contributed by atoms with Crippen LogP contribution < -0.4 is 5.32 Å². The minimum absolute atomic E-state index is 0. The van der Waals surface area contributed by atoms with E-state index >= 15 is 0 Å². The number of sulfone groups is 1. The number of benzene rings is 2. The zero-order chi connectivity index (χ0) is 22.4. The molecule has 0 radical (unpaired) electrons. The van der Waals surface area contributed by atoms with Crippen molar-refractivity contribution in [1.82, 2.24) is 10.2 Å². The standard InChI is InChI=1S/C23H30FN3O3S.HI/c1-4-25-23(26-13-18-5-7-19(8-6-18)16-31(3,28)29)27-14-17(2)30-22(15-27)20-9-11-21(24)12-10-20;/h5-12,17,22H,4,13-16H2,1-3H3,(H,25,26);1H. The van der Waals surface area contributed by atoms with E-state index in [-0.39, 0.29) is 47.8 Å². The Morgan fingerprint density at radius 3 is 2.34 bits per heavy atom. The van der Waals surface area contributed by atoms with Crippen molar-refractivity contribution >= 4 is 39.8 Å². The molecular weight excluding hydrogens is 544 g/mol. The van der Waals surface area contributed by atoms with E-state index in [1.165, 1.54) is 18.4 Å². The van der Waals surface area contributed by atoms with E-state index in [2.05, 4.69) is 10.2 Å². The predicted octanol–water partition coefficient (Wildman–Crippen LogP) is 3.92. The summed E-state index contributed by atoms with van der Waals surface area (Å²) in [4.78, 5) is 6.96. The Bertz CT molecular complexity index is 998. The van der Waals surface area contributed by atoms with E-state index in [0.717, 1.165) is 29.2 Å². The van der Waals surface area contributed by atoms with Crippen molar-refractivity contribution in [3.63, 3.8) is 0 Å². The first-order chi connectivity index (χ1) is 14.7. The number of hydrogen-bond acceptors (Lipinski definition) is 4. The van der Waals surface area contributed by atoms with Crippen molar-refractivity contribution < 1.29 is 17.5 Å². The molecule has 1 fully saturated rings. The van der Waals surface area contributed by atoms with E-state index in [0.29, 0.717) is 19.6 Å². The van der Waals surface area contributed by atoms with Crippen LogP contribution in [0.4, 0.5) is 4.39 Å². The second-order valence-electron chi connectivity index (χ2n) is 7.95. The molecule has 2 aromatic carbocycles. The first-order valence-electron chi connectivity index (χ1n) is 10.4. The Kier molecular flexibility index (Phi) is 9.90. The number of nitrogens with zero attached hydrogens (tertiary/aromatic N) is 2. The van der Waals surface area contributed by atoms with E-state index in [1.807, 2.05) is 38.1 Å². The average Bonchev–Trinajstić information content (AvgIpc) is 2.71. The van der Waals surface area contributed by atoms with Gasteiger partial charge in [-0.25, -0.2) is 17.8 Å². The van der Waals surface area contributed by atoms with E-state index in [1.54, 1.807) is 12.1 Å². The summed E-state index contributed by atoms with van der Waals surface area (Å²) in [5.74, 6) is 0.571. The van der Waals surface area contributed by atoms with Crippen molar-refractivity contribution in [2.24, 2.45) is 4.99 Å². The SMILES string of the molecule is CCNC(=NCc1ccc(CS(C)(=O)=O)cc1)N1CC(C)OC(c2ccc(F)cc2)C1.I. The van der Waals surface area contributed by atoms with Crippen LogP contribution in [-0.2, 0) is 26.9 Å². The highest BCUT2D eigenvalue weighted by Gasteiger charge is 2.28. The molecule has 0 saturated carbocycles. The lowest BCUT2D eigenvalue weighted by molar-refractivity contribution is -0.0605. The van der Waals surface area contributed by atoms with Crippen LogP contribution in [0, 0.1) is 5.82 Å². The van der Waals surface area contributed by atoms with Crippen molar-refractivity contribution in [2.75, 3.05) is 25.9 Å². The van der Waals surface area contributed by atoms with Crippen LogP contribution in [0.1, 0.15) is 36.6 Å². The van der Waals surface area contributed by atoms with Gasteiger partial charge >= 0.3 is 0 Å². The summed E-state index contributed by atoms with van der Waals surface area (Å²) in [7, 11) is -3.05. The van der Waals surface area contributed by atoms with Gasteiger partial charge in [-0.3, -0.25) is 0 Å². The van der Waals surface area contributed by atoms with Gasteiger partial charge < -0.3 is 15.0 Å². The number of nitrogens with one attached hydrogen (secondary N) is 1. The molecule has 2 atom stereocenters. The third-order valence-electron chi connectivity index (χ3n) is 5.00. The van der Waals surface area contributed by atoms with Crippen molar-refractivity contribution in [2.45, 2.75) is 38.4 Å². The second kappa shape index (κ2) is 11.9. The van der Waals surface area contributed by atoms with Gasteiger partial charge in [0.2, 0.25) is 0 Å². The number of ether oxygens (including phenoxy) is 1. The van der Waals surface area contributed by atoms with Crippen LogP contribution in [-0.4, -0.2) is 51.3 Å². The van der Waals surface area contributed by atoms with Crippen molar-refractivity contribution in [3.8, 4) is 0 Å². The van der Waals surface area contributed by atoms with Crippen LogP contribution in [0.25, 0.3) is 0 Å². The molecule has 1 heterocycles. The molecule has 0 aliphatic carbocycles. The third kappa shape index (κ3) is 8.00. The number of rotatable bonds is 6. The Morgan fingerprint density at radius 2 is 1.75 bits per heavy atom. The first kappa shape index (κ1) is 26.5. The molecule has 1 aliphatic heterocycles. The summed E-state index contributed by atoms with van der Waals surface area (Å²) in [5.41, 5.74) is 2.71. The molecule has 0 bridgehead atoms. The number of halogens is 2. The van der Waals surface area contributed by atoms with Crippen LogP contribution in [0.3, 0.4) is 0 Å². The van der Waals surface area contributed by atoms with Gasteiger partial charge in [-0.05, 0) is 42.7 Å². The molecule has 9 heteroatoms. The molecule has 2 aromatic rings. The van der Waals surface area contributed by atoms with Crippen LogP contribution >= 0.6 is 24.0 Å². The van der Waals surface area contributed by atoms with Gasteiger partial charge in [0.1, 0.15) is 11.9 Å². The number of guanidine groups is 1. The molecular formula is C23H31FIN3O3S. The lowest BCUT2D eigenvalue weighted by Gasteiger charge is -2.38. The average molecular weight is 575 g/mol. The van der Waals surface area contributed by atoms with Gasteiger partial charge in [-0.1, -0.05) is 36.4 Å². The predicted molar refractivity (Wildman–Crippen MR) is 136 cm³/mol. The fourth-order valence-corrected chi connectivity index (χ4v) is 4.42. The maximum atomic E-state index is 13.3. The molecule has 0 aromatic heterocycles. The number of hydrogen-bond donors (Lipinski definition) is 1. The molecule has 0 spiro atoms. The summed E-state index contributed by atoms with van der Waals surface area (Å²) in [6.45, 7) is 6.59. The molecule has 1 aliphatic rings. The zero-order valence-corrected chi connectivity index (χ0v) is 21.8. The van der Waals surface area contributed by atoms with Crippen LogP contribution in [0.15, 0.2) is 53.5 Å². The van der Waals surface area contributed by atoms with Gasteiger partial charge in [0, 0.05) is 19.3 Å². The summed E-state index contributed by atoms with van der Waals surface area (Å²) in [5, 5.41) is 3.35. The van der Waals surface area contributed by atoms with Gasteiger partial charge in [0.25, 0.3) is 0 Å². The maximum Gasteiger partial charge on any atom is 0.194 e. The van der Waals surface area contributed by atoms with Gasteiger partial charge in [-0.15, -0.1) is 24.0 Å². The Morgan fingerprint density at radius 1 is 1.12 bits per heavy atom. The number of morpholine rings is 1. The monoisotopic (exact) mass is 575 g/mol. The summed E-state index contributed by atoms with van der Waals surface area (Å²) < 4.78 is 42.3. The van der Waals surface area contributed by atoms with Crippen LogP contribution in [0.5, 0.6) is 0 Å². The normalized spacial score (nSPS) is 19.4. The maximum absolute atomic E-state index is 13.3. The molecule has 6 nitrogen and oxygen atoms in total. The number of aliphatic imine (C=N–C) groups is 1. The van der Waals surface area contributed by atoms with Crippen LogP contribution in [0.2, 0.25) is 0 Å². The quantitative estimate of drug-likeness (QED) is 0.322. The minimum atomic E-state index is -3.05. The van der Waals surface area contributed by atoms with Gasteiger partial charge in [0.15, 0.2) is 15.8 Å². The summed E-state index contributed by atoms with van der Waals surface area (Å²) in [6, 6.07) is 13.9. The fourth-order valence-electron chi connectivity index (χ4n) is 3.62. The topological polar surface area (TPSA) is 71.0 Å². The van der Waals surface area contributed by atoms with Gasteiger partial charge in [-0.2, -0.15) is 0 Å². The van der Waals surface area contributed by atoms with Crippen molar-refractivity contribution in [3.05, 3.63) is 71.0 Å². The summed E-state index contributed by atoms with van der Waals surface area (Å²) >= 11 is 0. The largest absolute Gasteiger partial charge is 0.367 e. The second-order valence-corrected chi connectivity index (χ2v) is 10.1. The molecule has 3 rings (SSSR count). The highest BCUT2D eigenvalue weighted by molar-refractivity contribution is 14.0. The lowest BCUT2D eigenvalue weighted by Crippen LogP contribution is -2.50. The zero-order valence-electron chi connectivity index (χ0n) is 18.6. The van der Waals surface area contributed by atoms with E-state index in [4.69, 9.17) is 9.73 Å². The van der Waals surface area contributed by atoms with E-state index < -0.39 is 9.84 Å². The fraction of sp³-hybridized carbons (Fsp3) is 0.435. The third-order valence-corrected chi connectivity index (χ3v) is 5.86. The smallest absolute Gasteiger partial charge is 0.194 e. The first-order valence-corrected chi connectivity index (χ1v) is 12.5. The molecule has 0 amide bonds. The highest BCUT2D eigenvalue weighted by Crippen LogP contribution is 2.25. The molecule has 1 saturated heterocycles. The summed E-state index contributed by atoms with van der Waals surface area (Å²) in [6.07, 6.45) is 1.07. The van der Waals surface area contributed by atoms with E-state index in [9.17, 15) is 12.8 Å². The molecule has 176 valence electrons. The minimum Gasteiger partial charge on any atom is -0.367 e. The Balaban J connectivity index is 0.00000363. The van der Waals surface area contributed by atoms with Crippen molar-refractivity contribution in [1.29, 1.82) is 0 Å².